The fourth-order valence-electron chi connectivity index (χ4n) is 1.52. The van der Waals surface area contributed by atoms with Crippen molar-refractivity contribution < 1.29 is 4.79 Å². The summed E-state index contributed by atoms with van der Waals surface area (Å²) in [4.78, 5) is 10.4. The fraction of sp³-hybridized carbons (Fsp3) is 0.667. The van der Waals surface area contributed by atoms with Gasteiger partial charge >= 0.3 is 0 Å². The number of rotatable bonds is 3. The van der Waals surface area contributed by atoms with Gasteiger partial charge in [-0.05, 0) is 12.8 Å². The molecule has 3 heteroatoms. The summed E-state index contributed by atoms with van der Waals surface area (Å²) < 4.78 is 0. The summed E-state index contributed by atoms with van der Waals surface area (Å²) in [6, 6.07) is 0.572. The molecule has 1 N–H and O–H groups in total. The van der Waals surface area contributed by atoms with Gasteiger partial charge in [0.2, 0.25) is 5.12 Å². The first-order valence-electron chi connectivity index (χ1n) is 4.44. The number of carbonyl (C=O) groups excluding carboxylic acids is 1. The largest absolute Gasteiger partial charge is 0.388 e. The maximum atomic E-state index is 10.4. The van der Waals surface area contributed by atoms with Crippen molar-refractivity contribution in [1.82, 2.24) is 5.32 Å². The third kappa shape index (κ3) is 3.81. The van der Waals surface area contributed by atoms with Crippen molar-refractivity contribution in [2.24, 2.45) is 0 Å². The summed E-state index contributed by atoms with van der Waals surface area (Å²) in [6.45, 7) is 0. The molecule has 68 valence electrons. The van der Waals surface area contributed by atoms with Gasteiger partial charge in [-0.15, -0.1) is 12.6 Å². The molecule has 0 aromatic rings. The van der Waals surface area contributed by atoms with Crippen LogP contribution in [-0.2, 0) is 4.79 Å². The van der Waals surface area contributed by atoms with Crippen LogP contribution in [0.2, 0.25) is 0 Å². The normalized spacial score (nSPS) is 19.8. The molecule has 1 rings (SSSR count). The second-order valence-electron chi connectivity index (χ2n) is 3.17. The monoisotopic (exact) mass is 185 g/mol. The fourth-order valence-corrected chi connectivity index (χ4v) is 1.60. The SMILES string of the molecule is O=C(S)C=CNC1CCCCC1. The molecule has 0 amide bonds. The molecule has 1 fully saturated rings. The van der Waals surface area contributed by atoms with Crippen molar-refractivity contribution >= 4 is 17.7 Å². The molecule has 0 atom stereocenters. The first-order chi connectivity index (χ1) is 5.79. The second kappa shape index (κ2) is 5.25. The molecule has 12 heavy (non-hydrogen) atoms. The predicted octanol–water partition coefficient (Wildman–Crippen LogP) is 1.88. The first-order valence-corrected chi connectivity index (χ1v) is 4.89. The molecule has 0 bridgehead atoms. The lowest BCUT2D eigenvalue weighted by Crippen LogP contribution is -2.26. The van der Waals surface area contributed by atoms with E-state index >= 15 is 0 Å². The molecule has 0 heterocycles. The minimum Gasteiger partial charge on any atom is -0.388 e. The van der Waals surface area contributed by atoms with Crippen LogP contribution in [0.1, 0.15) is 32.1 Å². The maximum absolute atomic E-state index is 10.4. The van der Waals surface area contributed by atoms with E-state index in [2.05, 4.69) is 17.9 Å². The van der Waals surface area contributed by atoms with E-state index in [9.17, 15) is 4.79 Å². The van der Waals surface area contributed by atoms with Gasteiger partial charge in [-0.25, -0.2) is 0 Å². The van der Waals surface area contributed by atoms with Crippen LogP contribution in [0.15, 0.2) is 12.3 Å². The Labute approximate surface area is 78.8 Å². The molecule has 0 aromatic heterocycles. The molecular formula is C9H15NOS. The smallest absolute Gasteiger partial charge is 0.210 e. The van der Waals surface area contributed by atoms with E-state index in [1.165, 1.54) is 38.2 Å². The summed E-state index contributed by atoms with van der Waals surface area (Å²) in [5, 5.41) is 3.01. The Bertz CT molecular complexity index is 173. The van der Waals surface area contributed by atoms with Crippen LogP contribution in [0.25, 0.3) is 0 Å². The number of nitrogens with one attached hydrogen (secondary N) is 1. The molecule has 1 aliphatic rings. The van der Waals surface area contributed by atoms with E-state index in [1.54, 1.807) is 6.20 Å². The minimum absolute atomic E-state index is 0.196. The van der Waals surface area contributed by atoms with E-state index in [1.807, 2.05) is 0 Å². The Kier molecular flexibility index (Phi) is 4.22. The summed E-state index contributed by atoms with van der Waals surface area (Å²) in [7, 11) is 0. The van der Waals surface area contributed by atoms with E-state index in [0.717, 1.165) is 0 Å². The molecule has 0 radical (unpaired) electrons. The highest BCUT2D eigenvalue weighted by Gasteiger charge is 2.10. The Morgan fingerprint density at radius 1 is 1.33 bits per heavy atom. The molecule has 0 aromatic carbocycles. The first kappa shape index (κ1) is 9.65. The van der Waals surface area contributed by atoms with Crippen molar-refractivity contribution in [2.75, 3.05) is 0 Å². The highest BCUT2D eigenvalue weighted by Crippen LogP contribution is 2.17. The van der Waals surface area contributed by atoms with Gasteiger partial charge < -0.3 is 5.32 Å². The van der Waals surface area contributed by atoms with Crippen LogP contribution in [0.5, 0.6) is 0 Å². The molecule has 0 saturated heterocycles. The zero-order valence-corrected chi connectivity index (χ0v) is 8.02. The number of hydrogen-bond donors (Lipinski definition) is 2. The third-order valence-electron chi connectivity index (χ3n) is 2.16. The Hall–Kier alpha value is -0.440. The van der Waals surface area contributed by atoms with Gasteiger partial charge in [-0.3, -0.25) is 4.79 Å². The Morgan fingerprint density at radius 3 is 2.58 bits per heavy atom. The minimum atomic E-state index is -0.196. The van der Waals surface area contributed by atoms with Crippen LogP contribution in [0.3, 0.4) is 0 Å². The van der Waals surface area contributed by atoms with E-state index in [-0.39, 0.29) is 5.12 Å². The molecule has 2 nitrogen and oxygen atoms in total. The van der Waals surface area contributed by atoms with Crippen LogP contribution in [0, 0.1) is 0 Å². The van der Waals surface area contributed by atoms with Crippen molar-refractivity contribution in [2.45, 2.75) is 38.1 Å². The molecular weight excluding hydrogens is 170 g/mol. The van der Waals surface area contributed by atoms with Gasteiger partial charge in [0.25, 0.3) is 0 Å². The topological polar surface area (TPSA) is 29.1 Å². The molecule has 0 aliphatic heterocycles. The molecule has 0 spiro atoms. The van der Waals surface area contributed by atoms with Crippen LogP contribution < -0.4 is 5.32 Å². The Morgan fingerprint density at radius 2 is 2.00 bits per heavy atom. The maximum Gasteiger partial charge on any atom is 0.210 e. The van der Waals surface area contributed by atoms with E-state index in [0.29, 0.717) is 6.04 Å². The summed E-state index contributed by atoms with van der Waals surface area (Å²) in [6.07, 6.45) is 9.59. The lowest BCUT2D eigenvalue weighted by atomic mass is 9.96. The molecule has 0 unspecified atom stereocenters. The number of carbonyl (C=O) groups is 1. The summed E-state index contributed by atoms with van der Waals surface area (Å²) in [5.41, 5.74) is 0. The lowest BCUT2D eigenvalue weighted by molar-refractivity contribution is -0.106. The van der Waals surface area contributed by atoms with E-state index < -0.39 is 0 Å². The number of hydrogen-bond acceptors (Lipinski definition) is 2. The molecule has 1 saturated carbocycles. The van der Waals surface area contributed by atoms with Gasteiger partial charge in [-0.1, -0.05) is 19.3 Å². The highest BCUT2D eigenvalue weighted by molar-refractivity contribution is 7.97. The predicted molar refractivity (Wildman–Crippen MR) is 53.1 cm³/mol. The average molecular weight is 185 g/mol. The second-order valence-corrected chi connectivity index (χ2v) is 3.61. The standard InChI is InChI=1S/C9H15NOS/c11-9(12)6-7-10-8-4-2-1-3-5-8/h6-8,10H,1-5H2,(H,11,12). The zero-order chi connectivity index (χ0) is 8.81. The molecule has 1 aliphatic carbocycles. The van der Waals surface area contributed by atoms with E-state index in [4.69, 9.17) is 0 Å². The highest BCUT2D eigenvalue weighted by atomic mass is 32.1. The van der Waals surface area contributed by atoms with Crippen LogP contribution in [-0.4, -0.2) is 11.2 Å². The van der Waals surface area contributed by atoms with Crippen LogP contribution >= 0.6 is 12.6 Å². The summed E-state index contributed by atoms with van der Waals surface area (Å²) in [5.74, 6) is 0. The van der Waals surface area contributed by atoms with Gasteiger partial charge in [0.1, 0.15) is 0 Å². The van der Waals surface area contributed by atoms with Gasteiger partial charge in [0.05, 0.1) is 0 Å². The lowest BCUT2D eigenvalue weighted by Gasteiger charge is -2.21. The Balaban J connectivity index is 2.17. The van der Waals surface area contributed by atoms with Crippen molar-refractivity contribution in [3.05, 3.63) is 12.3 Å². The number of thiol groups is 1. The van der Waals surface area contributed by atoms with Crippen molar-refractivity contribution in [3.8, 4) is 0 Å². The van der Waals surface area contributed by atoms with Crippen LogP contribution in [0.4, 0.5) is 0 Å². The average Bonchev–Trinajstić information content (AvgIpc) is 2.05. The quantitative estimate of drug-likeness (QED) is 0.519. The zero-order valence-electron chi connectivity index (χ0n) is 7.12. The van der Waals surface area contributed by atoms with Crippen molar-refractivity contribution in [1.29, 1.82) is 0 Å². The van der Waals surface area contributed by atoms with Gasteiger partial charge in [-0.2, -0.15) is 0 Å². The van der Waals surface area contributed by atoms with Gasteiger partial charge in [0.15, 0.2) is 0 Å². The summed E-state index contributed by atoms with van der Waals surface area (Å²) >= 11 is 3.63. The van der Waals surface area contributed by atoms with Crippen molar-refractivity contribution in [3.63, 3.8) is 0 Å². The van der Waals surface area contributed by atoms with Gasteiger partial charge in [0, 0.05) is 18.3 Å². The third-order valence-corrected chi connectivity index (χ3v) is 2.31.